The van der Waals surface area contributed by atoms with E-state index >= 15 is 0 Å². The third-order valence-corrected chi connectivity index (χ3v) is 2.85. The molecule has 0 aliphatic carbocycles. The molecule has 2 amide bonds. The second-order valence-corrected chi connectivity index (χ2v) is 4.62. The lowest BCUT2D eigenvalue weighted by Gasteiger charge is -2.07. The quantitative estimate of drug-likeness (QED) is 0.640. The van der Waals surface area contributed by atoms with Crippen LogP contribution in [0.15, 0.2) is 24.3 Å². The van der Waals surface area contributed by atoms with Crippen molar-refractivity contribution in [2.24, 2.45) is 0 Å². The molecule has 0 radical (unpaired) electrons. The first kappa shape index (κ1) is 16.5. The molecule has 0 aromatic heterocycles. The van der Waals surface area contributed by atoms with Gasteiger partial charge in [0.05, 0.1) is 12.5 Å². The molecule has 1 rings (SSSR count). The molecule has 1 aromatic rings. The zero-order chi connectivity index (χ0) is 15.5. The predicted molar refractivity (Wildman–Crippen MR) is 78.9 cm³/mol. The Morgan fingerprint density at radius 3 is 2.48 bits per heavy atom. The molecule has 0 aliphatic heterocycles. The van der Waals surface area contributed by atoms with Crippen LogP contribution in [0.25, 0.3) is 0 Å². The molecule has 6 nitrogen and oxygen atoms in total. The van der Waals surface area contributed by atoms with Gasteiger partial charge in [-0.05, 0) is 30.5 Å². The second-order valence-electron chi connectivity index (χ2n) is 4.62. The number of carbonyl (C=O) groups excluding carboxylic acids is 1. The van der Waals surface area contributed by atoms with E-state index in [2.05, 4.69) is 16.7 Å². The number of amides is 2. The van der Waals surface area contributed by atoms with E-state index in [0.29, 0.717) is 25.1 Å². The fraction of sp³-hybridized carbons (Fsp3) is 0.400. The maximum absolute atomic E-state index is 11.6. The van der Waals surface area contributed by atoms with Crippen LogP contribution in [0.3, 0.4) is 0 Å². The first-order valence-corrected chi connectivity index (χ1v) is 6.84. The van der Waals surface area contributed by atoms with E-state index in [-0.39, 0.29) is 12.5 Å². The van der Waals surface area contributed by atoms with Crippen LogP contribution in [0.1, 0.15) is 31.2 Å². The highest BCUT2D eigenvalue weighted by molar-refractivity contribution is 5.89. The third-order valence-electron chi connectivity index (χ3n) is 2.85. The molecule has 0 unspecified atom stereocenters. The Bertz CT molecular complexity index is 506. The minimum Gasteiger partial charge on any atom is -0.481 e. The molecule has 0 atom stereocenters. The van der Waals surface area contributed by atoms with Crippen LogP contribution in [0.2, 0.25) is 0 Å². The number of aliphatic carboxylic acids is 1. The first-order chi connectivity index (χ1) is 10.1. The lowest BCUT2D eigenvalue weighted by Crippen LogP contribution is -2.29. The minimum absolute atomic E-state index is 0.168. The molecule has 0 aliphatic rings. The summed E-state index contributed by atoms with van der Waals surface area (Å²) in [5, 5.41) is 22.4. The summed E-state index contributed by atoms with van der Waals surface area (Å²) in [6.45, 7) is 0.512. The van der Waals surface area contributed by atoms with Gasteiger partial charge < -0.3 is 15.7 Å². The molecule has 0 spiro atoms. The lowest BCUT2D eigenvalue weighted by atomic mass is 10.1. The number of hydrogen-bond acceptors (Lipinski definition) is 3. The fourth-order valence-electron chi connectivity index (χ4n) is 1.75. The standard InChI is InChI=1S/C15H19N3O3/c16-10-9-12-5-7-13(8-6-12)18-15(21)17-11-3-1-2-4-14(19)20/h5-8H,1-4,9,11H2,(H,19,20)(H2,17,18,21). The van der Waals surface area contributed by atoms with Gasteiger partial charge in [-0.3, -0.25) is 4.79 Å². The van der Waals surface area contributed by atoms with Crippen LogP contribution >= 0.6 is 0 Å². The molecule has 0 bridgehead atoms. The SMILES string of the molecule is N#CCc1ccc(NC(=O)NCCCCCC(=O)O)cc1. The fourth-order valence-corrected chi connectivity index (χ4v) is 1.75. The molecule has 0 fully saturated rings. The number of hydrogen-bond donors (Lipinski definition) is 3. The van der Waals surface area contributed by atoms with Gasteiger partial charge in [-0.15, -0.1) is 0 Å². The Hall–Kier alpha value is -2.55. The summed E-state index contributed by atoms with van der Waals surface area (Å²) in [6, 6.07) is 8.86. The van der Waals surface area contributed by atoms with Crippen molar-refractivity contribution in [2.75, 3.05) is 11.9 Å². The Morgan fingerprint density at radius 2 is 1.86 bits per heavy atom. The lowest BCUT2D eigenvalue weighted by molar-refractivity contribution is -0.137. The van der Waals surface area contributed by atoms with Gasteiger partial charge >= 0.3 is 12.0 Å². The van der Waals surface area contributed by atoms with Gasteiger partial charge in [0.1, 0.15) is 0 Å². The Labute approximate surface area is 123 Å². The number of nitrogens with zero attached hydrogens (tertiary/aromatic N) is 1. The maximum atomic E-state index is 11.6. The summed E-state index contributed by atoms with van der Waals surface area (Å²) in [6.07, 6.45) is 2.67. The van der Waals surface area contributed by atoms with Crippen molar-refractivity contribution in [1.82, 2.24) is 5.32 Å². The number of carboxylic acid groups (broad SMARTS) is 1. The average molecular weight is 289 g/mol. The molecule has 112 valence electrons. The van der Waals surface area contributed by atoms with E-state index in [0.717, 1.165) is 18.4 Å². The van der Waals surface area contributed by atoms with Crippen molar-refractivity contribution < 1.29 is 14.7 Å². The van der Waals surface area contributed by atoms with Crippen LogP contribution in [-0.4, -0.2) is 23.7 Å². The average Bonchev–Trinajstić information content (AvgIpc) is 2.45. The summed E-state index contributed by atoms with van der Waals surface area (Å²) in [5.41, 5.74) is 1.57. The van der Waals surface area contributed by atoms with E-state index in [1.165, 1.54) is 0 Å². The van der Waals surface area contributed by atoms with Crippen LogP contribution in [0.5, 0.6) is 0 Å². The van der Waals surface area contributed by atoms with Gasteiger partial charge in [-0.25, -0.2) is 4.79 Å². The molecule has 6 heteroatoms. The highest BCUT2D eigenvalue weighted by Crippen LogP contribution is 2.09. The van der Waals surface area contributed by atoms with Crippen LogP contribution in [0, 0.1) is 11.3 Å². The minimum atomic E-state index is -0.791. The van der Waals surface area contributed by atoms with Crippen molar-refractivity contribution in [2.45, 2.75) is 32.1 Å². The molecular weight excluding hydrogens is 270 g/mol. The number of urea groups is 1. The number of nitriles is 1. The number of nitrogens with one attached hydrogen (secondary N) is 2. The highest BCUT2D eigenvalue weighted by atomic mass is 16.4. The summed E-state index contributed by atoms with van der Waals surface area (Å²) in [4.78, 5) is 21.9. The Balaban J connectivity index is 2.18. The normalized spacial score (nSPS) is 9.67. The molecule has 0 heterocycles. The van der Waals surface area contributed by atoms with Gasteiger partial charge in [-0.1, -0.05) is 18.6 Å². The maximum Gasteiger partial charge on any atom is 0.319 e. The topological polar surface area (TPSA) is 102 Å². The van der Waals surface area contributed by atoms with E-state index in [1.54, 1.807) is 24.3 Å². The van der Waals surface area contributed by atoms with Crippen molar-refractivity contribution in [1.29, 1.82) is 5.26 Å². The summed E-state index contributed by atoms with van der Waals surface area (Å²) < 4.78 is 0. The predicted octanol–water partition coefficient (Wildman–Crippen LogP) is 2.52. The van der Waals surface area contributed by atoms with Crippen LogP contribution in [0.4, 0.5) is 10.5 Å². The van der Waals surface area contributed by atoms with Crippen molar-refractivity contribution >= 4 is 17.7 Å². The van der Waals surface area contributed by atoms with Gasteiger partial charge in [0.25, 0.3) is 0 Å². The van der Waals surface area contributed by atoms with Crippen molar-refractivity contribution in [3.05, 3.63) is 29.8 Å². The zero-order valence-corrected chi connectivity index (χ0v) is 11.8. The Kier molecular flexibility index (Phi) is 7.36. The second kappa shape index (κ2) is 9.37. The van der Waals surface area contributed by atoms with Crippen LogP contribution < -0.4 is 10.6 Å². The van der Waals surface area contributed by atoms with Gasteiger partial charge in [0.2, 0.25) is 0 Å². The monoisotopic (exact) mass is 289 g/mol. The summed E-state index contributed by atoms with van der Waals surface area (Å²) in [7, 11) is 0. The van der Waals surface area contributed by atoms with E-state index in [4.69, 9.17) is 10.4 Å². The van der Waals surface area contributed by atoms with Gasteiger partial charge in [-0.2, -0.15) is 5.26 Å². The van der Waals surface area contributed by atoms with E-state index in [1.807, 2.05) is 0 Å². The molecule has 21 heavy (non-hydrogen) atoms. The number of unbranched alkanes of at least 4 members (excludes halogenated alkanes) is 2. The van der Waals surface area contributed by atoms with Crippen molar-refractivity contribution in [3.63, 3.8) is 0 Å². The summed E-state index contributed by atoms with van der Waals surface area (Å²) >= 11 is 0. The first-order valence-electron chi connectivity index (χ1n) is 6.84. The molecule has 0 saturated carbocycles. The van der Waals surface area contributed by atoms with E-state index < -0.39 is 5.97 Å². The van der Waals surface area contributed by atoms with Crippen molar-refractivity contribution in [3.8, 4) is 6.07 Å². The molecule has 0 saturated heterocycles. The number of carboxylic acids is 1. The van der Waals surface area contributed by atoms with Crippen LogP contribution in [-0.2, 0) is 11.2 Å². The number of rotatable bonds is 8. The van der Waals surface area contributed by atoms with Gasteiger partial charge in [0, 0.05) is 18.7 Å². The molecule has 1 aromatic carbocycles. The number of carbonyl (C=O) groups is 2. The molecule has 3 N–H and O–H groups in total. The van der Waals surface area contributed by atoms with E-state index in [9.17, 15) is 9.59 Å². The number of anilines is 1. The third kappa shape index (κ3) is 7.57. The van der Waals surface area contributed by atoms with Gasteiger partial charge in [0.15, 0.2) is 0 Å². The smallest absolute Gasteiger partial charge is 0.319 e. The summed E-state index contributed by atoms with van der Waals surface area (Å²) in [5.74, 6) is -0.791. The highest BCUT2D eigenvalue weighted by Gasteiger charge is 2.01. The largest absolute Gasteiger partial charge is 0.481 e. The number of benzene rings is 1. The molecular formula is C15H19N3O3. The zero-order valence-electron chi connectivity index (χ0n) is 11.8. The Morgan fingerprint density at radius 1 is 1.14 bits per heavy atom.